The molecule has 0 radical (unpaired) electrons. The molecule has 0 spiro atoms. The Balaban J connectivity index is 1.81. The summed E-state index contributed by atoms with van der Waals surface area (Å²) in [7, 11) is 0. The summed E-state index contributed by atoms with van der Waals surface area (Å²) in [6, 6.07) is 3.37. The molecule has 1 heterocycles. The number of anilines is 1. The fourth-order valence-corrected chi connectivity index (χ4v) is 2.65. The summed E-state index contributed by atoms with van der Waals surface area (Å²) in [4.78, 5) is 34.6. The van der Waals surface area contributed by atoms with E-state index in [4.69, 9.17) is 5.11 Å². The van der Waals surface area contributed by atoms with Crippen LogP contribution in [0.15, 0.2) is 12.1 Å². The Labute approximate surface area is 126 Å². The molecule has 7 heteroatoms. The van der Waals surface area contributed by atoms with Gasteiger partial charge in [0, 0.05) is 18.9 Å². The first-order valence-electron chi connectivity index (χ1n) is 6.86. The van der Waals surface area contributed by atoms with E-state index in [0.717, 1.165) is 12.8 Å². The molecule has 1 atom stereocenters. The standard InChI is InChI=1S/C14H18N2O4S/c1-8(6-12(17)18)7-15-14(20)10-4-5-11(21-10)16-13(19)9-2-3-9/h4-5,8-9H,2-3,6-7H2,1H3,(H,15,20)(H,16,19)(H,17,18). The maximum atomic E-state index is 11.9. The van der Waals surface area contributed by atoms with Crippen LogP contribution in [0.5, 0.6) is 0 Å². The molecule has 0 aromatic carbocycles. The van der Waals surface area contributed by atoms with Crippen molar-refractivity contribution in [2.24, 2.45) is 11.8 Å². The van der Waals surface area contributed by atoms with Gasteiger partial charge in [-0.25, -0.2) is 0 Å². The molecule has 1 aliphatic carbocycles. The summed E-state index contributed by atoms with van der Waals surface area (Å²) in [5.41, 5.74) is 0. The van der Waals surface area contributed by atoms with Crippen LogP contribution in [-0.4, -0.2) is 29.4 Å². The van der Waals surface area contributed by atoms with E-state index in [-0.39, 0.29) is 30.1 Å². The van der Waals surface area contributed by atoms with Gasteiger partial charge in [0.1, 0.15) is 0 Å². The average molecular weight is 310 g/mol. The first kappa shape index (κ1) is 15.5. The zero-order valence-corrected chi connectivity index (χ0v) is 12.5. The zero-order valence-electron chi connectivity index (χ0n) is 11.7. The maximum Gasteiger partial charge on any atom is 0.303 e. The molecule has 0 saturated heterocycles. The van der Waals surface area contributed by atoms with Crippen LogP contribution in [0.1, 0.15) is 35.9 Å². The molecule has 2 rings (SSSR count). The molecule has 114 valence electrons. The number of carbonyl (C=O) groups excluding carboxylic acids is 2. The summed E-state index contributed by atoms with van der Waals surface area (Å²) >= 11 is 1.22. The Morgan fingerprint density at radius 1 is 1.38 bits per heavy atom. The van der Waals surface area contributed by atoms with Crippen molar-refractivity contribution in [1.82, 2.24) is 5.32 Å². The number of nitrogens with one attached hydrogen (secondary N) is 2. The molecule has 1 aromatic rings. The number of hydrogen-bond donors (Lipinski definition) is 3. The van der Waals surface area contributed by atoms with Gasteiger partial charge in [0.05, 0.1) is 9.88 Å². The molecule has 6 nitrogen and oxygen atoms in total. The third kappa shape index (κ3) is 4.86. The molecule has 0 bridgehead atoms. The van der Waals surface area contributed by atoms with E-state index in [2.05, 4.69) is 10.6 Å². The van der Waals surface area contributed by atoms with Crippen LogP contribution < -0.4 is 10.6 Å². The summed E-state index contributed by atoms with van der Waals surface area (Å²) in [6.07, 6.45) is 1.89. The van der Waals surface area contributed by atoms with Crippen LogP contribution in [0.3, 0.4) is 0 Å². The van der Waals surface area contributed by atoms with Gasteiger partial charge in [0.25, 0.3) is 5.91 Å². The molecule has 1 aromatic heterocycles. The van der Waals surface area contributed by atoms with Gasteiger partial charge < -0.3 is 15.7 Å². The molecule has 2 amide bonds. The predicted octanol–water partition coefficient (Wildman–Crippen LogP) is 1.94. The van der Waals surface area contributed by atoms with Crippen molar-refractivity contribution in [3.63, 3.8) is 0 Å². The molecule has 1 saturated carbocycles. The molecule has 21 heavy (non-hydrogen) atoms. The van der Waals surface area contributed by atoms with Gasteiger partial charge in [-0.2, -0.15) is 0 Å². The second-order valence-corrected chi connectivity index (χ2v) is 6.42. The van der Waals surface area contributed by atoms with E-state index in [1.54, 1.807) is 19.1 Å². The van der Waals surface area contributed by atoms with E-state index in [1.165, 1.54) is 11.3 Å². The van der Waals surface area contributed by atoms with Crippen molar-refractivity contribution < 1.29 is 19.5 Å². The van der Waals surface area contributed by atoms with Crippen molar-refractivity contribution in [2.45, 2.75) is 26.2 Å². The first-order chi connectivity index (χ1) is 9.95. The lowest BCUT2D eigenvalue weighted by molar-refractivity contribution is -0.137. The number of carbonyl (C=O) groups is 3. The number of carboxylic acids is 1. The fourth-order valence-electron chi connectivity index (χ4n) is 1.82. The van der Waals surface area contributed by atoms with Gasteiger partial charge in [-0.05, 0) is 30.9 Å². The van der Waals surface area contributed by atoms with Gasteiger partial charge in [0.2, 0.25) is 5.91 Å². The van der Waals surface area contributed by atoms with Crippen LogP contribution in [-0.2, 0) is 9.59 Å². The summed E-state index contributed by atoms with van der Waals surface area (Å²) < 4.78 is 0. The summed E-state index contributed by atoms with van der Waals surface area (Å²) in [5, 5.41) is 14.8. The molecule has 1 aliphatic rings. The van der Waals surface area contributed by atoms with Gasteiger partial charge >= 0.3 is 5.97 Å². The third-order valence-corrected chi connectivity index (χ3v) is 4.16. The molecule has 0 aliphatic heterocycles. The molecule has 1 unspecified atom stereocenters. The second-order valence-electron chi connectivity index (χ2n) is 5.34. The lowest BCUT2D eigenvalue weighted by Crippen LogP contribution is -2.28. The Morgan fingerprint density at radius 2 is 2.10 bits per heavy atom. The number of aliphatic carboxylic acids is 1. The van der Waals surface area contributed by atoms with E-state index in [9.17, 15) is 14.4 Å². The van der Waals surface area contributed by atoms with E-state index in [1.807, 2.05) is 0 Å². The van der Waals surface area contributed by atoms with Crippen molar-refractivity contribution in [3.8, 4) is 0 Å². The van der Waals surface area contributed by atoms with E-state index in [0.29, 0.717) is 16.4 Å². The summed E-state index contributed by atoms with van der Waals surface area (Å²) in [5.74, 6) is -1.11. The predicted molar refractivity (Wildman–Crippen MR) is 79.4 cm³/mol. The Hall–Kier alpha value is -1.89. The number of rotatable bonds is 7. The Bertz CT molecular complexity index is 551. The van der Waals surface area contributed by atoms with Gasteiger partial charge in [-0.3, -0.25) is 14.4 Å². The lowest BCUT2D eigenvalue weighted by Gasteiger charge is -2.09. The summed E-state index contributed by atoms with van der Waals surface area (Å²) in [6.45, 7) is 2.08. The lowest BCUT2D eigenvalue weighted by atomic mass is 10.1. The van der Waals surface area contributed by atoms with Crippen LogP contribution >= 0.6 is 11.3 Å². The van der Waals surface area contributed by atoms with Gasteiger partial charge in [0.15, 0.2) is 0 Å². The van der Waals surface area contributed by atoms with Crippen molar-refractivity contribution >= 4 is 34.1 Å². The number of amides is 2. The first-order valence-corrected chi connectivity index (χ1v) is 7.68. The van der Waals surface area contributed by atoms with E-state index < -0.39 is 5.97 Å². The maximum absolute atomic E-state index is 11.9. The number of carboxylic acid groups (broad SMARTS) is 1. The Kier molecular flexibility index (Phi) is 4.95. The average Bonchev–Trinajstić information content (AvgIpc) is 3.16. The molecular weight excluding hydrogens is 292 g/mol. The Morgan fingerprint density at radius 3 is 2.71 bits per heavy atom. The molecule has 3 N–H and O–H groups in total. The SMILES string of the molecule is CC(CNC(=O)c1ccc(NC(=O)C2CC2)s1)CC(=O)O. The number of thiophene rings is 1. The smallest absolute Gasteiger partial charge is 0.303 e. The fraction of sp³-hybridized carbons (Fsp3) is 0.500. The highest BCUT2D eigenvalue weighted by atomic mass is 32.1. The molecular formula is C14H18N2O4S. The van der Waals surface area contributed by atoms with Gasteiger partial charge in [-0.15, -0.1) is 11.3 Å². The minimum Gasteiger partial charge on any atom is -0.481 e. The van der Waals surface area contributed by atoms with Crippen LogP contribution in [0.2, 0.25) is 0 Å². The van der Waals surface area contributed by atoms with E-state index >= 15 is 0 Å². The molecule has 1 fully saturated rings. The highest BCUT2D eigenvalue weighted by Gasteiger charge is 2.29. The number of hydrogen-bond acceptors (Lipinski definition) is 4. The van der Waals surface area contributed by atoms with Crippen molar-refractivity contribution in [3.05, 3.63) is 17.0 Å². The third-order valence-electron chi connectivity index (χ3n) is 3.16. The zero-order chi connectivity index (χ0) is 15.4. The quantitative estimate of drug-likeness (QED) is 0.717. The monoisotopic (exact) mass is 310 g/mol. The van der Waals surface area contributed by atoms with Crippen molar-refractivity contribution in [2.75, 3.05) is 11.9 Å². The highest BCUT2D eigenvalue weighted by Crippen LogP contribution is 2.31. The minimum atomic E-state index is -0.877. The topological polar surface area (TPSA) is 95.5 Å². The normalized spacial score (nSPS) is 15.3. The van der Waals surface area contributed by atoms with Crippen molar-refractivity contribution in [1.29, 1.82) is 0 Å². The van der Waals surface area contributed by atoms with Gasteiger partial charge in [-0.1, -0.05) is 6.92 Å². The highest BCUT2D eigenvalue weighted by molar-refractivity contribution is 7.18. The largest absolute Gasteiger partial charge is 0.481 e. The van der Waals surface area contributed by atoms with Crippen LogP contribution in [0.4, 0.5) is 5.00 Å². The van der Waals surface area contributed by atoms with Crippen LogP contribution in [0, 0.1) is 11.8 Å². The minimum absolute atomic E-state index is 0.0129. The van der Waals surface area contributed by atoms with Crippen LogP contribution in [0.25, 0.3) is 0 Å². The second kappa shape index (κ2) is 6.71.